The molecule has 1 fully saturated rings. The van der Waals surface area contributed by atoms with Crippen LogP contribution in [0.5, 0.6) is 0 Å². The number of rotatable bonds is 3. The third-order valence-corrected chi connectivity index (χ3v) is 2.76. The third-order valence-electron chi connectivity index (χ3n) is 2.76. The third kappa shape index (κ3) is 2.14. The van der Waals surface area contributed by atoms with Gasteiger partial charge in [0.05, 0.1) is 0 Å². The fraction of sp³-hybridized carbons (Fsp3) is 0.455. The predicted molar refractivity (Wildman–Crippen MR) is 61.9 cm³/mol. The average Bonchev–Trinajstić information content (AvgIpc) is 3.10. The Balaban J connectivity index is 2.24. The zero-order valence-corrected chi connectivity index (χ0v) is 9.53. The number of carbonyl (C=O) groups is 1. The van der Waals surface area contributed by atoms with E-state index in [2.05, 4.69) is 10.4 Å². The Morgan fingerprint density at radius 1 is 1.56 bits per heavy atom. The Morgan fingerprint density at radius 3 is 2.81 bits per heavy atom. The minimum absolute atomic E-state index is 0.0319. The molecule has 5 nitrogen and oxygen atoms in total. The van der Waals surface area contributed by atoms with E-state index in [4.69, 9.17) is 5.84 Å². The number of amides is 1. The molecule has 2 rings (SSSR count). The summed E-state index contributed by atoms with van der Waals surface area (Å²) in [6, 6.07) is 3.87. The lowest BCUT2D eigenvalue weighted by Crippen LogP contribution is -2.29. The summed E-state index contributed by atoms with van der Waals surface area (Å²) in [7, 11) is 1.84. The molecule has 1 saturated carbocycles. The highest BCUT2D eigenvalue weighted by Gasteiger charge is 2.30. The van der Waals surface area contributed by atoms with Gasteiger partial charge in [-0.2, -0.15) is 0 Å². The number of hydrogen-bond acceptors (Lipinski definition) is 4. The molecule has 0 atom stereocenters. The lowest BCUT2D eigenvalue weighted by molar-refractivity contribution is 0.0785. The van der Waals surface area contributed by atoms with Gasteiger partial charge in [0.2, 0.25) is 0 Å². The maximum atomic E-state index is 12.1. The van der Waals surface area contributed by atoms with Crippen molar-refractivity contribution >= 4 is 11.7 Å². The van der Waals surface area contributed by atoms with E-state index in [1.807, 2.05) is 14.0 Å². The fourth-order valence-corrected chi connectivity index (χ4v) is 1.70. The SMILES string of the molecule is Cc1cc(C(=O)N(C)C2CC2)cc(NN)n1. The van der Waals surface area contributed by atoms with Gasteiger partial charge in [-0.1, -0.05) is 0 Å². The van der Waals surface area contributed by atoms with Crippen LogP contribution in [-0.2, 0) is 0 Å². The fourth-order valence-electron chi connectivity index (χ4n) is 1.70. The van der Waals surface area contributed by atoms with E-state index in [-0.39, 0.29) is 5.91 Å². The van der Waals surface area contributed by atoms with Crippen LogP contribution in [-0.4, -0.2) is 28.9 Å². The van der Waals surface area contributed by atoms with E-state index in [0.29, 0.717) is 17.4 Å². The first-order chi connectivity index (χ1) is 7.61. The summed E-state index contributed by atoms with van der Waals surface area (Å²) in [4.78, 5) is 18.0. The molecule has 1 aliphatic rings. The molecule has 1 aromatic heterocycles. The molecular formula is C11H16N4O. The molecule has 1 heterocycles. The molecule has 0 unspecified atom stereocenters. The lowest BCUT2D eigenvalue weighted by Gasteiger charge is -2.16. The van der Waals surface area contributed by atoms with Crippen LogP contribution in [0.3, 0.4) is 0 Å². The van der Waals surface area contributed by atoms with E-state index >= 15 is 0 Å². The number of pyridine rings is 1. The Bertz CT molecular complexity index is 414. The van der Waals surface area contributed by atoms with Crippen molar-refractivity contribution in [2.75, 3.05) is 12.5 Å². The first kappa shape index (κ1) is 10.9. The van der Waals surface area contributed by atoms with Crippen molar-refractivity contribution in [1.29, 1.82) is 0 Å². The maximum absolute atomic E-state index is 12.1. The van der Waals surface area contributed by atoms with Crippen LogP contribution in [0.2, 0.25) is 0 Å². The maximum Gasteiger partial charge on any atom is 0.254 e. The number of hydrazine groups is 1. The van der Waals surface area contributed by atoms with Gasteiger partial charge in [-0.05, 0) is 31.9 Å². The molecule has 0 saturated heterocycles. The van der Waals surface area contributed by atoms with Gasteiger partial charge in [-0.15, -0.1) is 0 Å². The van der Waals surface area contributed by atoms with Gasteiger partial charge in [-0.25, -0.2) is 10.8 Å². The van der Waals surface area contributed by atoms with Crippen LogP contribution in [0.25, 0.3) is 0 Å². The van der Waals surface area contributed by atoms with Crippen molar-refractivity contribution in [2.45, 2.75) is 25.8 Å². The zero-order chi connectivity index (χ0) is 11.7. The summed E-state index contributed by atoms with van der Waals surface area (Å²) in [6.07, 6.45) is 2.21. The Morgan fingerprint density at radius 2 is 2.25 bits per heavy atom. The molecule has 5 heteroatoms. The first-order valence-electron chi connectivity index (χ1n) is 5.34. The molecule has 3 N–H and O–H groups in total. The van der Waals surface area contributed by atoms with Gasteiger partial charge < -0.3 is 10.3 Å². The molecule has 0 aliphatic heterocycles. The lowest BCUT2D eigenvalue weighted by atomic mass is 10.2. The van der Waals surface area contributed by atoms with Crippen LogP contribution in [0.15, 0.2) is 12.1 Å². The number of nitrogens with one attached hydrogen (secondary N) is 1. The van der Waals surface area contributed by atoms with Crippen LogP contribution in [0.1, 0.15) is 28.9 Å². The normalized spacial score (nSPS) is 14.7. The van der Waals surface area contributed by atoms with Crippen LogP contribution >= 0.6 is 0 Å². The van der Waals surface area contributed by atoms with Crippen molar-refractivity contribution in [3.8, 4) is 0 Å². The highest BCUT2D eigenvalue weighted by atomic mass is 16.2. The first-order valence-corrected chi connectivity index (χ1v) is 5.34. The van der Waals surface area contributed by atoms with Crippen LogP contribution in [0.4, 0.5) is 5.82 Å². The molecule has 0 bridgehead atoms. The Hall–Kier alpha value is -1.62. The van der Waals surface area contributed by atoms with Crippen LogP contribution in [0, 0.1) is 6.92 Å². The number of hydrogen-bond donors (Lipinski definition) is 2. The van der Waals surface area contributed by atoms with Gasteiger partial charge >= 0.3 is 0 Å². The highest BCUT2D eigenvalue weighted by molar-refractivity contribution is 5.95. The largest absolute Gasteiger partial charge is 0.339 e. The Labute approximate surface area is 94.6 Å². The van der Waals surface area contributed by atoms with Crippen LogP contribution < -0.4 is 11.3 Å². The monoisotopic (exact) mass is 220 g/mol. The van der Waals surface area contributed by atoms with E-state index in [1.54, 1.807) is 17.0 Å². The number of anilines is 1. The van der Waals surface area contributed by atoms with Crippen molar-refractivity contribution in [1.82, 2.24) is 9.88 Å². The molecule has 16 heavy (non-hydrogen) atoms. The molecule has 0 spiro atoms. The standard InChI is InChI=1S/C11H16N4O/c1-7-5-8(6-10(13-7)14-12)11(16)15(2)9-3-4-9/h5-6,9H,3-4,12H2,1-2H3,(H,13,14). The number of aromatic nitrogens is 1. The van der Waals surface area contributed by atoms with Gasteiger partial charge in [0.1, 0.15) is 5.82 Å². The quantitative estimate of drug-likeness (QED) is 0.586. The second kappa shape index (κ2) is 4.09. The van der Waals surface area contributed by atoms with Crippen molar-refractivity contribution in [3.63, 3.8) is 0 Å². The van der Waals surface area contributed by atoms with Gasteiger partial charge in [-0.3, -0.25) is 4.79 Å². The number of aryl methyl sites for hydroxylation is 1. The summed E-state index contributed by atoms with van der Waals surface area (Å²) in [5.41, 5.74) is 3.88. The summed E-state index contributed by atoms with van der Waals surface area (Å²) >= 11 is 0. The predicted octanol–water partition coefficient (Wildman–Crippen LogP) is 0.910. The molecule has 1 aromatic rings. The molecule has 0 aromatic carbocycles. The zero-order valence-electron chi connectivity index (χ0n) is 9.53. The number of nitrogen functional groups attached to an aromatic ring is 1. The molecule has 1 amide bonds. The number of carbonyl (C=O) groups excluding carboxylic acids is 1. The van der Waals surface area contributed by atoms with Gasteiger partial charge in [0.25, 0.3) is 5.91 Å². The summed E-state index contributed by atoms with van der Waals surface area (Å²) in [6.45, 7) is 1.84. The van der Waals surface area contributed by atoms with Gasteiger partial charge in [0, 0.05) is 24.3 Å². The summed E-state index contributed by atoms with van der Waals surface area (Å²) in [5, 5.41) is 0. The van der Waals surface area contributed by atoms with Crippen molar-refractivity contribution < 1.29 is 4.79 Å². The highest BCUT2D eigenvalue weighted by Crippen LogP contribution is 2.27. The molecule has 0 radical (unpaired) electrons. The van der Waals surface area contributed by atoms with Crippen molar-refractivity contribution in [3.05, 3.63) is 23.4 Å². The summed E-state index contributed by atoms with van der Waals surface area (Å²) in [5.74, 6) is 5.85. The minimum Gasteiger partial charge on any atom is -0.339 e. The molecular weight excluding hydrogens is 204 g/mol. The minimum atomic E-state index is 0.0319. The number of nitrogens with two attached hydrogens (primary N) is 1. The average molecular weight is 220 g/mol. The van der Waals surface area contributed by atoms with E-state index < -0.39 is 0 Å². The second-order valence-electron chi connectivity index (χ2n) is 4.17. The topological polar surface area (TPSA) is 71.2 Å². The summed E-state index contributed by atoms with van der Waals surface area (Å²) < 4.78 is 0. The van der Waals surface area contributed by atoms with Gasteiger partial charge in [0.15, 0.2) is 0 Å². The molecule has 1 aliphatic carbocycles. The van der Waals surface area contributed by atoms with E-state index in [0.717, 1.165) is 18.5 Å². The van der Waals surface area contributed by atoms with Crippen molar-refractivity contribution in [2.24, 2.45) is 5.84 Å². The smallest absolute Gasteiger partial charge is 0.254 e. The second-order valence-corrected chi connectivity index (χ2v) is 4.17. The Kier molecular flexibility index (Phi) is 2.78. The number of nitrogens with zero attached hydrogens (tertiary/aromatic N) is 2. The molecule has 86 valence electrons. The van der Waals surface area contributed by atoms with E-state index in [9.17, 15) is 4.79 Å². The van der Waals surface area contributed by atoms with E-state index in [1.165, 1.54) is 0 Å².